The van der Waals surface area contributed by atoms with E-state index in [1.165, 1.54) is 0 Å². The molecule has 1 saturated heterocycles. The zero-order valence-corrected chi connectivity index (χ0v) is 15.6. The Morgan fingerprint density at radius 3 is 2.55 bits per heavy atom. The minimum atomic E-state index is -0.976. The van der Waals surface area contributed by atoms with Gasteiger partial charge < -0.3 is 20.9 Å². The van der Waals surface area contributed by atoms with Crippen molar-refractivity contribution in [2.75, 3.05) is 22.1 Å². The number of fused-ring (bicyclic) bond motifs is 1. The third-order valence-corrected chi connectivity index (χ3v) is 4.98. The predicted molar refractivity (Wildman–Crippen MR) is 108 cm³/mol. The Morgan fingerprint density at radius 2 is 1.83 bits per heavy atom. The number of anilines is 3. The van der Waals surface area contributed by atoms with Gasteiger partial charge in [-0.3, -0.25) is 19.2 Å². The Kier molecular flexibility index (Phi) is 4.99. The molecule has 29 heavy (non-hydrogen) atoms. The third-order valence-electron chi connectivity index (χ3n) is 4.98. The first-order valence-electron chi connectivity index (χ1n) is 9.42. The molecule has 0 bridgehead atoms. The second kappa shape index (κ2) is 7.75. The van der Waals surface area contributed by atoms with Crippen molar-refractivity contribution in [3.8, 4) is 0 Å². The van der Waals surface area contributed by atoms with Crippen LogP contribution in [0.1, 0.15) is 29.6 Å². The van der Waals surface area contributed by atoms with Gasteiger partial charge in [0.1, 0.15) is 6.04 Å². The van der Waals surface area contributed by atoms with Gasteiger partial charge in [-0.05, 0) is 42.8 Å². The van der Waals surface area contributed by atoms with Gasteiger partial charge in [-0.1, -0.05) is 12.1 Å². The highest BCUT2D eigenvalue weighted by molar-refractivity contribution is 6.11. The molecule has 8 heteroatoms. The smallest absolute Gasteiger partial charge is 0.254 e. The molecule has 1 unspecified atom stereocenters. The van der Waals surface area contributed by atoms with Gasteiger partial charge in [0.25, 0.3) is 5.91 Å². The second-order valence-corrected chi connectivity index (χ2v) is 7.01. The highest BCUT2D eigenvalue weighted by Crippen LogP contribution is 2.23. The molecule has 2 aromatic rings. The lowest BCUT2D eigenvalue weighted by Crippen LogP contribution is -2.43. The molecule has 0 saturated carbocycles. The van der Waals surface area contributed by atoms with Crippen molar-refractivity contribution in [1.29, 1.82) is 0 Å². The standard InChI is InChI=1S/C21H20N4O4/c26-18(22-13-7-9-14(10-8-13)25-11-3-6-19(25)27)12-17-21(29)23-16-5-2-1-4-15(16)20(28)24-17/h1-2,4-5,7-10,17H,3,6,11-12H2,(H,22,26)(H,23,29)(H,24,28). The molecule has 0 aliphatic carbocycles. The summed E-state index contributed by atoms with van der Waals surface area (Å²) in [5.74, 6) is -1.16. The summed E-state index contributed by atoms with van der Waals surface area (Å²) in [4.78, 5) is 50.6. The summed E-state index contributed by atoms with van der Waals surface area (Å²) in [6.07, 6.45) is 1.20. The van der Waals surface area contributed by atoms with E-state index in [2.05, 4.69) is 16.0 Å². The summed E-state index contributed by atoms with van der Waals surface area (Å²) in [5, 5.41) is 7.99. The number of carbonyl (C=O) groups excluding carboxylic acids is 4. The van der Waals surface area contributed by atoms with Crippen molar-refractivity contribution < 1.29 is 19.2 Å². The Hall–Kier alpha value is -3.68. The van der Waals surface area contributed by atoms with E-state index in [1.54, 1.807) is 53.4 Å². The minimum Gasteiger partial charge on any atom is -0.340 e. The molecule has 0 radical (unpaired) electrons. The second-order valence-electron chi connectivity index (χ2n) is 7.01. The molecule has 4 amide bonds. The zero-order valence-electron chi connectivity index (χ0n) is 15.6. The first-order valence-corrected chi connectivity index (χ1v) is 9.42. The van der Waals surface area contributed by atoms with Gasteiger partial charge in [0.05, 0.1) is 17.7 Å². The third kappa shape index (κ3) is 3.96. The molecule has 3 N–H and O–H groups in total. The van der Waals surface area contributed by atoms with E-state index < -0.39 is 23.8 Å². The van der Waals surface area contributed by atoms with Crippen LogP contribution < -0.4 is 20.9 Å². The van der Waals surface area contributed by atoms with Crippen LogP contribution in [-0.4, -0.2) is 36.2 Å². The van der Waals surface area contributed by atoms with Crippen molar-refractivity contribution in [3.05, 3.63) is 54.1 Å². The summed E-state index contributed by atoms with van der Waals surface area (Å²) < 4.78 is 0. The van der Waals surface area contributed by atoms with Crippen LogP contribution in [0.5, 0.6) is 0 Å². The van der Waals surface area contributed by atoms with Gasteiger partial charge >= 0.3 is 0 Å². The maximum Gasteiger partial charge on any atom is 0.254 e. The Morgan fingerprint density at radius 1 is 1.07 bits per heavy atom. The van der Waals surface area contributed by atoms with Crippen molar-refractivity contribution in [1.82, 2.24) is 5.32 Å². The fourth-order valence-corrected chi connectivity index (χ4v) is 3.50. The lowest BCUT2D eigenvalue weighted by molar-refractivity contribution is -0.122. The number of benzene rings is 2. The molecule has 8 nitrogen and oxygen atoms in total. The van der Waals surface area contributed by atoms with Crippen molar-refractivity contribution in [2.24, 2.45) is 0 Å². The van der Waals surface area contributed by atoms with Crippen LogP contribution >= 0.6 is 0 Å². The number of hydrogen-bond acceptors (Lipinski definition) is 4. The first-order chi connectivity index (χ1) is 14.0. The Balaban J connectivity index is 1.39. The van der Waals surface area contributed by atoms with Crippen molar-refractivity contribution in [2.45, 2.75) is 25.3 Å². The molecule has 0 aromatic heterocycles. The lowest BCUT2D eigenvalue weighted by atomic mass is 10.1. The topological polar surface area (TPSA) is 108 Å². The largest absolute Gasteiger partial charge is 0.340 e. The number of para-hydroxylation sites is 1. The fraction of sp³-hybridized carbons (Fsp3) is 0.238. The summed E-state index contributed by atoms with van der Waals surface area (Å²) in [7, 11) is 0. The SMILES string of the molecule is O=C(CC1NC(=O)c2ccccc2NC1=O)Nc1ccc(N2CCCC2=O)cc1. The molecular formula is C21H20N4O4. The predicted octanol–water partition coefficient (Wildman–Crippen LogP) is 1.89. The molecule has 2 aliphatic rings. The van der Waals surface area contributed by atoms with Gasteiger partial charge in [-0.25, -0.2) is 0 Å². The molecule has 2 heterocycles. The number of carbonyl (C=O) groups is 4. The zero-order chi connectivity index (χ0) is 20.4. The van der Waals surface area contributed by atoms with Crippen LogP contribution in [0.2, 0.25) is 0 Å². The quantitative estimate of drug-likeness (QED) is 0.738. The molecule has 1 atom stereocenters. The Bertz CT molecular complexity index is 986. The monoisotopic (exact) mass is 392 g/mol. The first kappa shape index (κ1) is 18.7. The molecular weight excluding hydrogens is 372 g/mol. The van der Waals surface area contributed by atoms with Gasteiger partial charge in [-0.2, -0.15) is 0 Å². The molecule has 4 rings (SSSR count). The number of nitrogens with zero attached hydrogens (tertiary/aromatic N) is 1. The minimum absolute atomic E-state index is 0.0953. The van der Waals surface area contributed by atoms with Crippen LogP contribution in [0.15, 0.2) is 48.5 Å². The van der Waals surface area contributed by atoms with Gasteiger partial charge in [0.15, 0.2) is 0 Å². The van der Waals surface area contributed by atoms with Crippen LogP contribution in [0, 0.1) is 0 Å². The van der Waals surface area contributed by atoms with Crippen molar-refractivity contribution >= 4 is 40.7 Å². The lowest BCUT2D eigenvalue weighted by Gasteiger charge is -2.17. The normalized spacial score (nSPS) is 18.6. The molecule has 2 aliphatic heterocycles. The average Bonchev–Trinajstić information content (AvgIpc) is 3.09. The van der Waals surface area contributed by atoms with Gasteiger partial charge in [0, 0.05) is 24.3 Å². The van der Waals surface area contributed by atoms with E-state index in [1.807, 2.05) is 0 Å². The maximum absolute atomic E-state index is 12.4. The number of nitrogens with one attached hydrogen (secondary N) is 3. The van der Waals surface area contributed by atoms with Crippen LogP contribution in [-0.2, 0) is 14.4 Å². The van der Waals surface area contributed by atoms with E-state index in [9.17, 15) is 19.2 Å². The van der Waals surface area contributed by atoms with E-state index in [-0.39, 0.29) is 12.3 Å². The number of amides is 4. The average molecular weight is 392 g/mol. The van der Waals surface area contributed by atoms with Gasteiger partial charge in [0.2, 0.25) is 17.7 Å². The summed E-state index contributed by atoms with van der Waals surface area (Å²) >= 11 is 0. The van der Waals surface area contributed by atoms with E-state index in [0.29, 0.717) is 29.9 Å². The number of hydrogen-bond donors (Lipinski definition) is 3. The highest BCUT2D eigenvalue weighted by atomic mass is 16.2. The summed E-state index contributed by atoms with van der Waals surface area (Å²) in [5.41, 5.74) is 2.12. The van der Waals surface area contributed by atoms with Gasteiger partial charge in [-0.15, -0.1) is 0 Å². The van der Waals surface area contributed by atoms with E-state index >= 15 is 0 Å². The molecule has 148 valence electrons. The summed E-state index contributed by atoms with van der Waals surface area (Å²) in [6.45, 7) is 0.698. The van der Waals surface area contributed by atoms with Crippen LogP contribution in [0.4, 0.5) is 17.1 Å². The molecule has 0 spiro atoms. The molecule has 2 aromatic carbocycles. The maximum atomic E-state index is 12.4. The van der Waals surface area contributed by atoms with Crippen molar-refractivity contribution in [3.63, 3.8) is 0 Å². The van der Waals surface area contributed by atoms with Crippen LogP contribution in [0.25, 0.3) is 0 Å². The van der Waals surface area contributed by atoms with Crippen LogP contribution in [0.3, 0.4) is 0 Å². The highest BCUT2D eigenvalue weighted by Gasteiger charge is 2.29. The van der Waals surface area contributed by atoms with E-state index in [0.717, 1.165) is 12.1 Å². The number of rotatable bonds is 4. The summed E-state index contributed by atoms with van der Waals surface area (Å²) in [6, 6.07) is 12.7. The van der Waals surface area contributed by atoms with E-state index in [4.69, 9.17) is 0 Å². The Labute approximate surface area is 167 Å². The fourth-order valence-electron chi connectivity index (χ4n) is 3.50. The molecule has 1 fully saturated rings.